The van der Waals surface area contributed by atoms with E-state index in [1.54, 1.807) is 18.2 Å². The molecule has 0 spiro atoms. The van der Waals surface area contributed by atoms with Crippen LogP contribution in [-0.2, 0) is 4.79 Å². The van der Waals surface area contributed by atoms with E-state index < -0.39 is 4.92 Å². The van der Waals surface area contributed by atoms with E-state index in [1.807, 2.05) is 18.2 Å². The second-order valence-electron chi connectivity index (χ2n) is 5.58. The van der Waals surface area contributed by atoms with Crippen molar-refractivity contribution in [1.82, 2.24) is 0 Å². The lowest BCUT2D eigenvalue weighted by atomic mass is 9.85. The molecule has 0 atom stereocenters. The minimum Gasteiger partial charge on any atom is -0.325 e. The minimum atomic E-state index is -0.455. The Balaban J connectivity index is 1.85. The highest BCUT2D eigenvalue weighted by Crippen LogP contribution is 2.39. The van der Waals surface area contributed by atoms with Crippen molar-refractivity contribution in [3.05, 3.63) is 57.6 Å². The fourth-order valence-corrected chi connectivity index (χ4v) is 3.56. The number of benzene rings is 2. The zero-order chi connectivity index (χ0) is 17.1. The van der Waals surface area contributed by atoms with Crippen LogP contribution in [0.2, 0.25) is 5.02 Å². The number of carbonyl (C=O) groups is 1. The number of nitro benzene ring substituents is 1. The number of nitrogens with zero attached hydrogens (tertiary/aromatic N) is 1. The number of rotatable bonds is 5. The molecule has 1 fully saturated rings. The summed E-state index contributed by atoms with van der Waals surface area (Å²) in [6.07, 6.45) is 2.93. The van der Waals surface area contributed by atoms with Crippen molar-refractivity contribution in [1.29, 1.82) is 0 Å². The van der Waals surface area contributed by atoms with Gasteiger partial charge in [0, 0.05) is 21.9 Å². The number of hydrogen-bond donors (Lipinski definition) is 1. The fraction of sp³-hybridized carbons (Fsp3) is 0.235. The molecular formula is C17H15ClN2O3S. The average Bonchev–Trinajstić information content (AvgIpc) is 2.49. The minimum absolute atomic E-state index is 0.0138. The second-order valence-corrected chi connectivity index (χ2v) is 7.10. The Kier molecular flexibility index (Phi) is 5.06. The Morgan fingerprint density at radius 3 is 2.62 bits per heavy atom. The van der Waals surface area contributed by atoms with Gasteiger partial charge in [-0.15, -0.1) is 0 Å². The van der Waals surface area contributed by atoms with Gasteiger partial charge in [0.05, 0.1) is 15.5 Å². The number of hydrogen-bond acceptors (Lipinski definition) is 4. The number of anilines is 1. The highest BCUT2D eigenvalue weighted by molar-refractivity contribution is 7.99. The molecule has 1 aliphatic rings. The Bertz CT molecular complexity index is 793. The number of halogens is 1. The molecule has 3 rings (SSSR count). The van der Waals surface area contributed by atoms with Gasteiger partial charge in [0.25, 0.3) is 5.69 Å². The van der Waals surface area contributed by atoms with Gasteiger partial charge in [-0.3, -0.25) is 14.9 Å². The summed E-state index contributed by atoms with van der Waals surface area (Å²) in [5, 5.41) is 14.5. The average molecular weight is 363 g/mol. The molecule has 1 amide bonds. The monoisotopic (exact) mass is 362 g/mol. The first-order chi connectivity index (χ1) is 11.5. The highest BCUT2D eigenvalue weighted by atomic mass is 35.5. The molecule has 0 bridgehead atoms. The quantitative estimate of drug-likeness (QED) is 0.590. The van der Waals surface area contributed by atoms with Gasteiger partial charge in [-0.05, 0) is 37.1 Å². The van der Waals surface area contributed by atoms with E-state index >= 15 is 0 Å². The van der Waals surface area contributed by atoms with Crippen LogP contribution in [0.15, 0.2) is 52.3 Å². The van der Waals surface area contributed by atoms with Crippen molar-refractivity contribution >= 4 is 40.6 Å². The molecule has 7 heteroatoms. The second kappa shape index (κ2) is 7.23. The maximum absolute atomic E-state index is 12.2. The Labute approximate surface area is 148 Å². The molecule has 124 valence electrons. The largest absolute Gasteiger partial charge is 0.325 e. The molecule has 0 unspecified atom stereocenters. The van der Waals surface area contributed by atoms with E-state index in [1.165, 1.54) is 17.8 Å². The third kappa shape index (κ3) is 3.71. The number of para-hydroxylation sites is 1. The van der Waals surface area contributed by atoms with Gasteiger partial charge in [-0.25, -0.2) is 0 Å². The van der Waals surface area contributed by atoms with Gasteiger partial charge in [0.15, 0.2) is 0 Å². The normalized spacial score (nSPS) is 14.0. The predicted octanol–water partition coefficient (Wildman–Crippen LogP) is 5.14. The SMILES string of the molecule is O=C(Nc1ccccc1Sc1ccc(Cl)cc1[N+](=O)[O-])C1CCC1. The topological polar surface area (TPSA) is 72.2 Å². The van der Waals surface area contributed by atoms with Gasteiger partial charge in [0.2, 0.25) is 5.91 Å². The highest BCUT2D eigenvalue weighted by Gasteiger charge is 2.26. The van der Waals surface area contributed by atoms with E-state index in [2.05, 4.69) is 5.32 Å². The van der Waals surface area contributed by atoms with Gasteiger partial charge in [0.1, 0.15) is 0 Å². The van der Waals surface area contributed by atoms with E-state index in [-0.39, 0.29) is 17.5 Å². The van der Waals surface area contributed by atoms with Crippen molar-refractivity contribution in [2.45, 2.75) is 29.1 Å². The molecule has 2 aromatic rings. The third-order valence-electron chi connectivity index (χ3n) is 3.96. The molecule has 1 aliphatic carbocycles. The van der Waals surface area contributed by atoms with Crippen LogP contribution in [0.4, 0.5) is 11.4 Å². The lowest BCUT2D eigenvalue weighted by molar-refractivity contribution is -0.387. The fourth-order valence-electron chi connectivity index (χ4n) is 2.40. The maximum Gasteiger partial charge on any atom is 0.284 e. The molecule has 1 saturated carbocycles. The van der Waals surface area contributed by atoms with Crippen molar-refractivity contribution in [3.8, 4) is 0 Å². The lowest BCUT2D eigenvalue weighted by Crippen LogP contribution is -2.28. The molecule has 1 N–H and O–H groups in total. The summed E-state index contributed by atoms with van der Waals surface area (Å²) in [6.45, 7) is 0. The first-order valence-corrected chi connectivity index (χ1v) is 8.76. The van der Waals surface area contributed by atoms with E-state index in [9.17, 15) is 14.9 Å². The van der Waals surface area contributed by atoms with E-state index in [4.69, 9.17) is 11.6 Å². The van der Waals surface area contributed by atoms with Crippen LogP contribution in [0.3, 0.4) is 0 Å². The zero-order valence-electron chi connectivity index (χ0n) is 12.7. The van der Waals surface area contributed by atoms with Crippen LogP contribution in [0, 0.1) is 16.0 Å². The van der Waals surface area contributed by atoms with E-state index in [0.717, 1.165) is 24.2 Å². The molecule has 0 saturated heterocycles. The van der Waals surface area contributed by atoms with Gasteiger partial charge in [-0.2, -0.15) is 0 Å². The molecule has 0 heterocycles. The number of nitrogens with one attached hydrogen (secondary N) is 1. The van der Waals surface area contributed by atoms with Crippen LogP contribution in [-0.4, -0.2) is 10.8 Å². The number of carbonyl (C=O) groups excluding carboxylic acids is 1. The summed E-state index contributed by atoms with van der Waals surface area (Å²) in [5.74, 6) is 0.0906. The number of amides is 1. The lowest BCUT2D eigenvalue weighted by Gasteiger charge is -2.24. The van der Waals surface area contributed by atoms with Crippen molar-refractivity contribution in [2.75, 3.05) is 5.32 Å². The molecular weight excluding hydrogens is 348 g/mol. The van der Waals surface area contributed by atoms with Crippen molar-refractivity contribution < 1.29 is 9.72 Å². The van der Waals surface area contributed by atoms with Crippen LogP contribution in [0.25, 0.3) is 0 Å². The zero-order valence-corrected chi connectivity index (χ0v) is 14.3. The standard InChI is InChI=1S/C17H15ClN2O3S/c18-12-8-9-16(14(10-12)20(22)23)24-15-7-2-1-6-13(15)19-17(21)11-4-3-5-11/h1-2,6-11H,3-5H2,(H,19,21). The first kappa shape index (κ1) is 16.8. The van der Waals surface area contributed by atoms with Crippen LogP contribution in [0.5, 0.6) is 0 Å². The Morgan fingerprint density at radius 1 is 1.21 bits per heavy atom. The Morgan fingerprint density at radius 2 is 1.96 bits per heavy atom. The third-order valence-corrected chi connectivity index (χ3v) is 5.33. The predicted molar refractivity (Wildman–Crippen MR) is 94.6 cm³/mol. The molecule has 2 aromatic carbocycles. The summed E-state index contributed by atoms with van der Waals surface area (Å²) in [4.78, 5) is 24.2. The van der Waals surface area contributed by atoms with Crippen molar-refractivity contribution in [2.24, 2.45) is 5.92 Å². The Hall–Kier alpha value is -2.05. The van der Waals surface area contributed by atoms with Crippen LogP contribution < -0.4 is 5.32 Å². The number of nitro groups is 1. The van der Waals surface area contributed by atoms with Crippen molar-refractivity contribution in [3.63, 3.8) is 0 Å². The summed E-state index contributed by atoms with van der Waals surface area (Å²) in [6, 6.07) is 11.9. The molecule has 5 nitrogen and oxygen atoms in total. The molecule has 0 radical (unpaired) electrons. The van der Waals surface area contributed by atoms with Crippen LogP contribution in [0.1, 0.15) is 19.3 Å². The molecule has 0 aromatic heterocycles. The van der Waals surface area contributed by atoms with Gasteiger partial charge >= 0.3 is 0 Å². The maximum atomic E-state index is 12.2. The van der Waals surface area contributed by atoms with E-state index in [0.29, 0.717) is 15.6 Å². The summed E-state index contributed by atoms with van der Waals surface area (Å²) in [7, 11) is 0. The molecule has 24 heavy (non-hydrogen) atoms. The molecule has 0 aliphatic heterocycles. The summed E-state index contributed by atoms with van der Waals surface area (Å²) in [5.41, 5.74) is 0.622. The first-order valence-electron chi connectivity index (χ1n) is 7.56. The van der Waals surface area contributed by atoms with Gasteiger partial charge in [-0.1, -0.05) is 41.9 Å². The summed E-state index contributed by atoms with van der Waals surface area (Å²) < 4.78 is 0. The van der Waals surface area contributed by atoms with Crippen LogP contribution >= 0.6 is 23.4 Å². The summed E-state index contributed by atoms with van der Waals surface area (Å²) >= 11 is 7.09. The van der Waals surface area contributed by atoms with Gasteiger partial charge < -0.3 is 5.32 Å². The smallest absolute Gasteiger partial charge is 0.284 e.